The van der Waals surface area contributed by atoms with Crippen LogP contribution in [0.2, 0.25) is 0 Å². The summed E-state index contributed by atoms with van der Waals surface area (Å²) in [6.07, 6.45) is 2.62. The summed E-state index contributed by atoms with van der Waals surface area (Å²) in [4.78, 5) is 14.5. The molecule has 0 bridgehead atoms. The molecule has 2 atom stereocenters. The largest absolute Gasteiger partial charge is 0.375 e. The average Bonchev–Trinajstić information content (AvgIpc) is 2.79. The van der Waals surface area contributed by atoms with Crippen LogP contribution >= 0.6 is 0 Å². The normalized spacial score (nSPS) is 23.1. The SMILES string of the molecule is Cc1c(C(=O)N2CC(C)OCC2C)cnn1CCCN. The van der Waals surface area contributed by atoms with Gasteiger partial charge in [0.05, 0.1) is 30.5 Å². The number of morpholine rings is 1. The van der Waals surface area contributed by atoms with Gasteiger partial charge in [-0.2, -0.15) is 5.10 Å². The van der Waals surface area contributed by atoms with Crippen LogP contribution in [0.4, 0.5) is 0 Å². The summed E-state index contributed by atoms with van der Waals surface area (Å²) >= 11 is 0. The van der Waals surface area contributed by atoms with Gasteiger partial charge in [-0.15, -0.1) is 0 Å². The molecule has 0 saturated carbocycles. The molecule has 1 fully saturated rings. The minimum Gasteiger partial charge on any atom is -0.375 e. The number of amides is 1. The number of rotatable bonds is 4. The van der Waals surface area contributed by atoms with E-state index in [4.69, 9.17) is 10.5 Å². The van der Waals surface area contributed by atoms with E-state index in [1.165, 1.54) is 0 Å². The second-order valence-corrected chi connectivity index (χ2v) is 5.46. The molecular formula is C14H24N4O2. The van der Waals surface area contributed by atoms with Crippen molar-refractivity contribution in [3.63, 3.8) is 0 Å². The molecule has 0 aliphatic carbocycles. The van der Waals surface area contributed by atoms with E-state index in [0.29, 0.717) is 25.3 Å². The Morgan fingerprint density at radius 2 is 2.30 bits per heavy atom. The van der Waals surface area contributed by atoms with Gasteiger partial charge in [0.25, 0.3) is 5.91 Å². The molecule has 2 rings (SSSR count). The Hall–Kier alpha value is -1.40. The van der Waals surface area contributed by atoms with Gasteiger partial charge >= 0.3 is 0 Å². The lowest BCUT2D eigenvalue weighted by Gasteiger charge is -2.36. The molecule has 20 heavy (non-hydrogen) atoms. The Morgan fingerprint density at radius 3 is 3.00 bits per heavy atom. The number of nitrogens with zero attached hydrogens (tertiary/aromatic N) is 3. The second-order valence-electron chi connectivity index (χ2n) is 5.46. The molecule has 0 aromatic carbocycles. The topological polar surface area (TPSA) is 73.4 Å². The van der Waals surface area contributed by atoms with Crippen molar-refractivity contribution >= 4 is 5.91 Å². The number of carbonyl (C=O) groups is 1. The molecule has 1 saturated heterocycles. The Kier molecular flexibility index (Phi) is 4.77. The van der Waals surface area contributed by atoms with Crippen LogP contribution in [-0.4, -0.2) is 52.4 Å². The monoisotopic (exact) mass is 280 g/mol. The van der Waals surface area contributed by atoms with Gasteiger partial charge in [-0.05, 0) is 33.7 Å². The van der Waals surface area contributed by atoms with Gasteiger partial charge in [-0.3, -0.25) is 9.48 Å². The molecule has 112 valence electrons. The summed E-state index contributed by atoms with van der Waals surface area (Å²) in [5.74, 6) is 0.0455. The first-order chi connectivity index (χ1) is 9.54. The van der Waals surface area contributed by atoms with Gasteiger partial charge in [-0.1, -0.05) is 0 Å². The molecular weight excluding hydrogens is 256 g/mol. The van der Waals surface area contributed by atoms with E-state index < -0.39 is 0 Å². The van der Waals surface area contributed by atoms with Gasteiger partial charge in [0, 0.05) is 18.8 Å². The number of nitrogens with two attached hydrogens (primary N) is 1. The van der Waals surface area contributed by atoms with E-state index in [1.807, 2.05) is 30.4 Å². The van der Waals surface area contributed by atoms with Gasteiger partial charge in [-0.25, -0.2) is 0 Å². The first-order valence-corrected chi connectivity index (χ1v) is 7.19. The standard InChI is InChI=1S/C14H24N4O2/c1-10-9-20-11(2)8-17(10)14(19)13-7-16-18(12(13)3)6-4-5-15/h7,10-11H,4-6,8-9,15H2,1-3H3. The lowest BCUT2D eigenvalue weighted by molar-refractivity contribution is -0.0387. The van der Waals surface area contributed by atoms with Crippen molar-refractivity contribution in [2.45, 2.75) is 45.9 Å². The summed E-state index contributed by atoms with van der Waals surface area (Å²) in [5, 5.41) is 4.30. The maximum absolute atomic E-state index is 12.7. The Bertz CT molecular complexity index is 472. The predicted octanol–water partition coefficient (Wildman–Crippen LogP) is 0.790. The minimum atomic E-state index is 0.0455. The number of ether oxygens (including phenoxy) is 1. The zero-order chi connectivity index (χ0) is 14.7. The summed E-state index contributed by atoms with van der Waals surface area (Å²) in [6, 6.07) is 0.102. The highest BCUT2D eigenvalue weighted by Gasteiger charge is 2.29. The molecule has 1 aliphatic rings. The van der Waals surface area contributed by atoms with Crippen molar-refractivity contribution in [3.05, 3.63) is 17.5 Å². The quantitative estimate of drug-likeness (QED) is 0.885. The molecule has 2 unspecified atom stereocenters. The highest BCUT2D eigenvalue weighted by Crippen LogP contribution is 2.17. The summed E-state index contributed by atoms with van der Waals surface area (Å²) < 4.78 is 7.42. The molecule has 6 heteroatoms. The molecule has 0 radical (unpaired) electrons. The number of aryl methyl sites for hydroxylation is 1. The third kappa shape index (κ3) is 3.02. The predicted molar refractivity (Wildman–Crippen MR) is 76.5 cm³/mol. The highest BCUT2D eigenvalue weighted by atomic mass is 16.5. The molecule has 0 spiro atoms. The summed E-state index contributed by atoms with van der Waals surface area (Å²) in [7, 11) is 0. The van der Waals surface area contributed by atoms with E-state index >= 15 is 0 Å². The first kappa shape index (κ1) is 15.0. The first-order valence-electron chi connectivity index (χ1n) is 7.19. The zero-order valence-corrected chi connectivity index (χ0v) is 12.5. The highest BCUT2D eigenvalue weighted by molar-refractivity contribution is 5.95. The van der Waals surface area contributed by atoms with Gasteiger partial charge in [0.15, 0.2) is 0 Å². The van der Waals surface area contributed by atoms with Crippen LogP contribution in [0, 0.1) is 6.92 Å². The van der Waals surface area contributed by atoms with Crippen molar-refractivity contribution in [2.24, 2.45) is 5.73 Å². The van der Waals surface area contributed by atoms with Crippen LogP contribution in [0.1, 0.15) is 36.3 Å². The van der Waals surface area contributed by atoms with Crippen molar-refractivity contribution < 1.29 is 9.53 Å². The van der Waals surface area contributed by atoms with Crippen LogP contribution in [0.25, 0.3) is 0 Å². The van der Waals surface area contributed by atoms with Crippen LogP contribution in [0.15, 0.2) is 6.20 Å². The van der Waals surface area contributed by atoms with Crippen LogP contribution in [0.3, 0.4) is 0 Å². The number of carbonyl (C=O) groups excluding carboxylic acids is 1. The lowest BCUT2D eigenvalue weighted by atomic mass is 10.1. The molecule has 2 heterocycles. The fourth-order valence-electron chi connectivity index (χ4n) is 2.46. The molecule has 1 amide bonds. The summed E-state index contributed by atoms with van der Waals surface area (Å²) in [6.45, 7) is 8.54. The van der Waals surface area contributed by atoms with Crippen molar-refractivity contribution in [1.29, 1.82) is 0 Å². The third-order valence-electron chi connectivity index (χ3n) is 3.78. The number of hydrogen-bond donors (Lipinski definition) is 1. The van der Waals surface area contributed by atoms with Crippen molar-refractivity contribution in [2.75, 3.05) is 19.7 Å². The zero-order valence-electron chi connectivity index (χ0n) is 12.5. The Morgan fingerprint density at radius 1 is 1.55 bits per heavy atom. The third-order valence-corrected chi connectivity index (χ3v) is 3.78. The maximum Gasteiger partial charge on any atom is 0.257 e. The maximum atomic E-state index is 12.7. The van der Waals surface area contributed by atoms with Gasteiger partial charge < -0.3 is 15.4 Å². The molecule has 1 aromatic heterocycles. The van der Waals surface area contributed by atoms with Crippen LogP contribution in [0.5, 0.6) is 0 Å². The Labute approximate surface area is 119 Å². The number of aromatic nitrogens is 2. The molecule has 6 nitrogen and oxygen atoms in total. The van der Waals surface area contributed by atoms with Crippen LogP contribution < -0.4 is 5.73 Å². The Balaban J connectivity index is 2.14. The molecule has 1 aliphatic heterocycles. The summed E-state index contributed by atoms with van der Waals surface area (Å²) in [5.41, 5.74) is 7.11. The van der Waals surface area contributed by atoms with Crippen LogP contribution in [-0.2, 0) is 11.3 Å². The van der Waals surface area contributed by atoms with E-state index in [0.717, 1.165) is 18.7 Å². The fraction of sp³-hybridized carbons (Fsp3) is 0.714. The minimum absolute atomic E-state index is 0.0455. The van der Waals surface area contributed by atoms with E-state index in [-0.39, 0.29) is 18.1 Å². The lowest BCUT2D eigenvalue weighted by Crippen LogP contribution is -2.50. The van der Waals surface area contributed by atoms with E-state index in [2.05, 4.69) is 5.10 Å². The van der Waals surface area contributed by atoms with Crippen molar-refractivity contribution in [1.82, 2.24) is 14.7 Å². The second kappa shape index (κ2) is 6.37. The average molecular weight is 280 g/mol. The van der Waals surface area contributed by atoms with Gasteiger partial charge in [0.2, 0.25) is 0 Å². The smallest absolute Gasteiger partial charge is 0.257 e. The van der Waals surface area contributed by atoms with Crippen molar-refractivity contribution in [3.8, 4) is 0 Å². The van der Waals surface area contributed by atoms with E-state index in [1.54, 1.807) is 6.20 Å². The molecule has 2 N–H and O–H groups in total. The van der Waals surface area contributed by atoms with E-state index in [9.17, 15) is 4.79 Å². The fourth-order valence-corrected chi connectivity index (χ4v) is 2.46. The van der Waals surface area contributed by atoms with Gasteiger partial charge in [0.1, 0.15) is 0 Å². The number of hydrogen-bond acceptors (Lipinski definition) is 4. The molecule has 1 aromatic rings.